The Morgan fingerprint density at radius 1 is 1.18 bits per heavy atom. The molecule has 1 aliphatic rings. The van der Waals surface area contributed by atoms with Crippen molar-refractivity contribution in [2.75, 3.05) is 43.9 Å². The summed E-state index contributed by atoms with van der Waals surface area (Å²) in [5.41, 5.74) is 0.777. The van der Waals surface area contributed by atoms with Crippen LogP contribution in [0.2, 0.25) is 24.7 Å². The van der Waals surface area contributed by atoms with Gasteiger partial charge in [0, 0.05) is 51.7 Å². The fourth-order valence-corrected chi connectivity index (χ4v) is 6.09. The average molecular weight is 510 g/mol. The van der Waals surface area contributed by atoms with Crippen molar-refractivity contribution in [3.05, 3.63) is 41.6 Å². The number of nitrogens with one attached hydrogen (secondary N) is 1. The molecule has 8 nitrogen and oxygen atoms in total. The van der Waals surface area contributed by atoms with E-state index in [0.717, 1.165) is 9.99 Å². The lowest BCUT2D eigenvalue weighted by molar-refractivity contribution is 0.184. The Hall–Kier alpha value is -2.14. The Morgan fingerprint density at radius 2 is 1.82 bits per heavy atom. The number of pyridine rings is 1. The number of carbonyl (C=O) groups excluding carboxylic acids is 1. The smallest absolute Gasteiger partial charge is 0.322 e. The SMILES string of the molecule is CC1CN(c2ncc(S(=O)(=O)N(C)C)cc2Cl)CCN1C(=O)Nc1ccc([Si](C)(C)C)cc1. The molecular formula is C22H32ClN5O3SSi. The normalized spacial score (nSPS) is 17.4. The Morgan fingerprint density at radius 3 is 2.33 bits per heavy atom. The molecule has 1 fully saturated rings. The molecule has 1 aliphatic heterocycles. The Balaban J connectivity index is 1.66. The van der Waals surface area contributed by atoms with Crippen LogP contribution >= 0.6 is 11.6 Å². The van der Waals surface area contributed by atoms with E-state index >= 15 is 0 Å². The van der Waals surface area contributed by atoms with E-state index < -0.39 is 18.1 Å². The standard InChI is InChI=1S/C22H32ClN5O3SSi/c1-16-15-27(21-20(23)13-18(14-24-21)32(30,31)26(2)3)11-12-28(16)22(29)25-17-7-9-19(10-8-17)33(4,5)6/h7-10,13-14,16H,11-12,15H2,1-6H3,(H,25,29). The maximum absolute atomic E-state index is 12.9. The van der Waals surface area contributed by atoms with Gasteiger partial charge in [0.2, 0.25) is 10.0 Å². The molecule has 1 N–H and O–H groups in total. The number of benzene rings is 1. The maximum Gasteiger partial charge on any atom is 0.322 e. The van der Waals surface area contributed by atoms with Gasteiger partial charge in [-0.2, -0.15) is 0 Å². The summed E-state index contributed by atoms with van der Waals surface area (Å²) in [7, 11) is -2.07. The highest BCUT2D eigenvalue weighted by Gasteiger charge is 2.30. The third-order valence-corrected chi connectivity index (χ3v) is 9.89. The van der Waals surface area contributed by atoms with Crippen molar-refractivity contribution >= 4 is 52.4 Å². The summed E-state index contributed by atoms with van der Waals surface area (Å²) in [4.78, 5) is 21.0. The van der Waals surface area contributed by atoms with Crippen LogP contribution < -0.4 is 15.4 Å². The van der Waals surface area contributed by atoms with E-state index in [2.05, 4.69) is 42.1 Å². The summed E-state index contributed by atoms with van der Waals surface area (Å²) in [6.45, 7) is 10.4. The quantitative estimate of drug-likeness (QED) is 0.625. The molecule has 2 amide bonds. The number of nitrogens with zero attached hydrogens (tertiary/aromatic N) is 4. The second-order valence-corrected chi connectivity index (χ2v) is 17.1. The van der Waals surface area contributed by atoms with Crippen molar-refractivity contribution < 1.29 is 13.2 Å². The molecule has 0 aliphatic carbocycles. The first-order valence-electron chi connectivity index (χ1n) is 10.8. The molecule has 0 radical (unpaired) electrons. The number of hydrogen-bond donors (Lipinski definition) is 1. The summed E-state index contributed by atoms with van der Waals surface area (Å²) < 4.78 is 25.8. The van der Waals surface area contributed by atoms with Gasteiger partial charge in [-0.05, 0) is 25.1 Å². The topological polar surface area (TPSA) is 85.9 Å². The van der Waals surface area contributed by atoms with E-state index in [4.69, 9.17) is 11.6 Å². The van der Waals surface area contributed by atoms with Gasteiger partial charge in [0.25, 0.3) is 0 Å². The fraction of sp³-hybridized carbons (Fsp3) is 0.455. The minimum atomic E-state index is -3.61. The van der Waals surface area contributed by atoms with Gasteiger partial charge in [-0.15, -0.1) is 0 Å². The molecule has 11 heteroatoms. The fourth-order valence-electron chi connectivity index (χ4n) is 3.70. The van der Waals surface area contributed by atoms with E-state index in [1.165, 1.54) is 31.5 Å². The predicted molar refractivity (Wildman–Crippen MR) is 137 cm³/mol. The zero-order valence-corrected chi connectivity index (χ0v) is 22.5. The van der Waals surface area contributed by atoms with Gasteiger partial charge >= 0.3 is 6.03 Å². The van der Waals surface area contributed by atoms with Crippen LogP contribution in [0.15, 0.2) is 41.4 Å². The molecule has 2 aromatic rings. The third kappa shape index (κ3) is 5.68. The van der Waals surface area contributed by atoms with E-state index in [1.54, 1.807) is 4.90 Å². The van der Waals surface area contributed by atoms with Gasteiger partial charge in [0.1, 0.15) is 10.7 Å². The van der Waals surface area contributed by atoms with Crippen molar-refractivity contribution in [2.45, 2.75) is 37.5 Å². The monoisotopic (exact) mass is 509 g/mol. The summed E-state index contributed by atoms with van der Waals surface area (Å²) in [5, 5.41) is 4.60. The molecule has 1 unspecified atom stereocenters. The highest BCUT2D eigenvalue weighted by molar-refractivity contribution is 7.89. The first-order valence-corrected chi connectivity index (χ1v) is 16.1. The highest BCUT2D eigenvalue weighted by Crippen LogP contribution is 2.28. The number of amides is 2. The average Bonchev–Trinajstić information content (AvgIpc) is 2.73. The molecule has 1 aromatic heterocycles. The second-order valence-electron chi connectivity index (χ2n) is 9.51. The summed E-state index contributed by atoms with van der Waals surface area (Å²) >= 11 is 6.39. The van der Waals surface area contributed by atoms with Crippen LogP contribution in [0.25, 0.3) is 0 Å². The minimum absolute atomic E-state index is 0.0486. The molecule has 0 saturated carbocycles. The molecule has 0 spiro atoms. The first kappa shape index (κ1) is 25.5. The summed E-state index contributed by atoms with van der Waals surface area (Å²) in [5.74, 6) is 0.517. The van der Waals surface area contributed by atoms with Gasteiger partial charge in [-0.3, -0.25) is 0 Å². The Kier molecular flexibility index (Phi) is 7.42. The zero-order chi connectivity index (χ0) is 24.6. The molecular weight excluding hydrogens is 478 g/mol. The van der Waals surface area contributed by atoms with Crippen molar-refractivity contribution in [3.63, 3.8) is 0 Å². The van der Waals surface area contributed by atoms with Crippen LogP contribution in [0.3, 0.4) is 0 Å². The largest absolute Gasteiger partial charge is 0.352 e. The number of rotatable bonds is 5. The molecule has 0 bridgehead atoms. The molecule has 3 rings (SSSR count). The lowest BCUT2D eigenvalue weighted by Crippen LogP contribution is -2.55. The Labute approximate surface area is 202 Å². The third-order valence-electron chi connectivity index (χ3n) is 5.77. The van der Waals surface area contributed by atoms with Crippen LogP contribution in [0.5, 0.6) is 0 Å². The number of urea groups is 1. The molecule has 33 heavy (non-hydrogen) atoms. The number of halogens is 1. The number of carbonyl (C=O) groups is 1. The second kappa shape index (κ2) is 9.61. The van der Waals surface area contributed by atoms with Gasteiger partial charge in [-0.25, -0.2) is 22.5 Å². The number of anilines is 2. The Bertz CT molecular complexity index is 1120. The highest BCUT2D eigenvalue weighted by atomic mass is 35.5. The number of hydrogen-bond acceptors (Lipinski definition) is 5. The molecule has 180 valence electrons. The number of piperazine rings is 1. The van der Waals surface area contributed by atoms with Crippen molar-refractivity contribution in [2.24, 2.45) is 0 Å². The van der Waals surface area contributed by atoms with E-state index in [9.17, 15) is 13.2 Å². The summed E-state index contributed by atoms with van der Waals surface area (Å²) in [6.07, 6.45) is 1.32. The first-order chi connectivity index (χ1) is 15.3. The minimum Gasteiger partial charge on any atom is -0.352 e. The van der Waals surface area contributed by atoms with E-state index in [-0.39, 0.29) is 22.0 Å². The van der Waals surface area contributed by atoms with E-state index in [0.29, 0.717) is 25.5 Å². The molecule has 2 heterocycles. The van der Waals surface area contributed by atoms with E-state index in [1.807, 2.05) is 24.0 Å². The van der Waals surface area contributed by atoms with Crippen molar-refractivity contribution in [3.8, 4) is 0 Å². The van der Waals surface area contributed by atoms with Gasteiger partial charge in [0.05, 0.1) is 13.1 Å². The van der Waals surface area contributed by atoms with Gasteiger partial charge < -0.3 is 15.1 Å². The maximum atomic E-state index is 12.9. The van der Waals surface area contributed by atoms with Crippen LogP contribution in [-0.2, 0) is 10.0 Å². The van der Waals surface area contributed by atoms with Crippen LogP contribution in [0.1, 0.15) is 6.92 Å². The lowest BCUT2D eigenvalue weighted by Gasteiger charge is -2.40. The molecule has 1 saturated heterocycles. The number of aromatic nitrogens is 1. The zero-order valence-electron chi connectivity index (χ0n) is 20.0. The van der Waals surface area contributed by atoms with Crippen molar-refractivity contribution in [1.82, 2.24) is 14.2 Å². The number of sulfonamides is 1. The molecule has 1 aromatic carbocycles. The van der Waals surface area contributed by atoms with Crippen molar-refractivity contribution in [1.29, 1.82) is 0 Å². The predicted octanol–water partition coefficient (Wildman–Crippen LogP) is 3.27. The summed E-state index contributed by atoms with van der Waals surface area (Å²) in [6, 6.07) is 9.30. The van der Waals surface area contributed by atoms with Gasteiger partial charge in [0.15, 0.2) is 0 Å². The van der Waals surface area contributed by atoms with Crippen LogP contribution in [0, 0.1) is 0 Å². The van der Waals surface area contributed by atoms with Crippen LogP contribution in [0.4, 0.5) is 16.3 Å². The van der Waals surface area contributed by atoms with Gasteiger partial charge in [-0.1, -0.05) is 48.6 Å². The lowest BCUT2D eigenvalue weighted by atomic mass is 10.2. The molecule has 1 atom stereocenters. The van der Waals surface area contributed by atoms with Crippen LogP contribution in [-0.4, -0.2) is 76.5 Å².